The lowest BCUT2D eigenvalue weighted by atomic mass is 10.1. The summed E-state index contributed by atoms with van der Waals surface area (Å²) in [5.41, 5.74) is 3.68. The molecule has 112 valence electrons. The Bertz CT molecular complexity index is 412. The zero-order chi connectivity index (χ0) is 15.1. The first kappa shape index (κ1) is 16.4. The summed E-state index contributed by atoms with van der Waals surface area (Å²) in [4.78, 5) is 18.8. The predicted molar refractivity (Wildman–Crippen MR) is 82.3 cm³/mol. The Morgan fingerprint density at radius 3 is 2.40 bits per heavy atom. The van der Waals surface area contributed by atoms with Gasteiger partial charge in [-0.3, -0.25) is 10.6 Å². The van der Waals surface area contributed by atoms with Crippen LogP contribution in [-0.2, 0) is 0 Å². The molecule has 0 aliphatic carbocycles. The Balaban J connectivity index is 2.95. The summed E-state index contributed by atoms with van der Waals surface area (Å²) < 4.78 is 0. The number of nitrogens with zero attached hydrogens (tertiary/aromatic N) is 2. The molecule has 1 aromatic heterocycles. The lowest BCUT2D eigenvalue weighted by Gasteiger charge is -2.31. The third-order valence-corrected chi connectivity index (χ3v) is 3.36. The van der Waals surface area contributed by atoms with E-state index in [-0.39, 0.29) is 11.9 Å². The minimum absolute atomic E-state index is 0.00373. The van der Waals surface area contributed by atoms with E-state index in [4.69, 9.17) is 5.84 Å². The van der Waals surface area contributed by atoms with Gasteiger partial charge < -0.3 is 10.3 Å². The molecule has 0 saturated carbocycles. The number of pyridine rings is 1. The fourth-order valence-electron chi connectivity index (χ4n) is 2.27. The van der Waals surface area contributed by atoms with E-state index < -0.39 is 0 Å². The van der Waals surface area contributed by atoms with Gasteiger partial charge in [-0.1, -0.05) is 27.7 Å². The maximum absolute atomic E-state index is 12.7. The number of hydrogen-bond donors (Lipinski definition) is 2. The number of aromatic nitrogens is 1. The zero-order valence-electron chi connectivity index (χ0n) is 12.9. The topological polar surface area (TPSA) is 71.2 Å². The van der Waals surface area contributed by atoms with Crippen molar-refractivity contribution >= 4 is 11.6 Å². The minimum Gasteiger partial charge on any atom is -0.334 e. The van der Waals surface area contributed by atoms with Crippen molar-refractivity contribution in [2.45, 2.75) is 46.6 Å². The molecule has 20 heavy (non-hydrogen) atoms. The molecule has 1 heterocycles. The number of nitrogens with one attached hydrogen (secondary N) is 1. The molecule has 0 fully saturated rings. The largest absolute Gasteiger partial charge is 0.334 e. The lowest BCUT2D eigenvalue weighted by molar-refractivity contribution is 0.0634. The van der Waals surface area contributed by atoms with Crippen molar-refractivity contribution in [3.63, 3.8) is 0 Å². The van der Waals surface area contributed by atoms with E-state index in [0.717, 1.165) is 19.4 Å². The molecule has 0 atom stereocenters. The highest BCUT2D eigenvalue weighted by molar-refractivity contribution is 5.92. The minimum atomic E-state index is -0.00373. The molecule has 1 amide bonds. The van der Waals surface area contributed by atoms with E-state index in [1.165, 1.54) is 0 Å². The van der Waals surface area contributed by atoms with Crippen LogP contribution in [0.25, 0.3) is 0 Å². The Hall–Kier alpha value is -1.62. The Kier molecular flexibility index (Phi) is 6.45. The Morgan fingerprint density at radius 1 is 1.35 bits per heavy atom. The van der Waals surface area contributed by atoms with Gasteiger partial charge in [0.25, 0.3) is 5.91 Å². The second-order valence-electron chi connectivity index (χ2n) is 5.40. The van der Waals surface area contributed by atoms with E-state index in [1.807, 2.05) is 4.90 Å². The summed E-state index contributed by atoms with van der Waals surface area (Å²) in [5, 5.41) is 0. The molecule has 1 rings (SSSR count). The van der Waals surface area contributed by atoms with Crippen LogP contribution >= 0.6 is 0 Å². The van der Waals surface area contributed by atoms with Crippen molar-refractivity contribution in [3.05, 3.63) is 24.0 Å². The molecule has 0 aliphatic heterocycles. The van der Waals surface area contributed by atoms with E-state index in [9.17, 15) is 4.79 Å². The van der Waals surface area contributed by atoms with Crippen LogP contribution in [0.2, 0.25) is 0 Å². The van der Waals surface area contributed by atoms with Gasteiger partial charge in [-0.2, -0.15) is 0 Å². The maximum Gasteiger partial charge on any atom is 0.272 e. The molecule has 0 spiro atoms. The SMILES string of the molecule is CCC(CC)N(CC(C)C)C(=O)c1ccc(NN)cn1. The standard InChI is InChI=1S/C15H26N4O/c1-5-13(6-2)19(10-11(3)4)15(20)14-8-7-12(18-16)9-17-14/h7-9,11,13,18H,5-6,10,16H2,1-4H3. The predicted octanol–water partition coefficient (Wildman–Crippen LogP) is 2.65. The van der Waals surface area contributed by atoms with Gasteiger partial charge in [0.2, 0.25) is 0 Å². The number of carbonyl (C=O) groups excluding carboxylic acids is 1. The summed E-state index contributed by atoms with van der Waals surface area (Å²) in [6.07, 6.45) is 3.49. The van der Waals surface area contributed by atoms with Crippen LogP contribution in [0.1, 0.15) is 51.0 Å². The van der Waals surface area contributed by atoms with Crippen LogP contribution in [0, 0.1) is 5.92 Å². The van der Waals surface area contributed by atoms with Gasteiger partial charge in [-0.05, 0) is 30.9 Å². The third kappa shape index (κ3) is 4.20. The first-order valence-electron chi connectivity index (χ1n) is 7.27. The van der Waals surface area contributed by atoms with Crippen molar-refractivity contribution in [1.29, 1.82) is 0 Å². The Labute approximate surface area is 121 Å². The molecule has 0 unspecified atom stereocenters. The summed E-state index contributed by atoms with van der Waals surface area (Å²) in [5.74, 6) is 5.74. The van der Waals surface area contributed by atoms with Crippen molar-refractivity contribution < 1.29 is 4.79 Å². The highest BCUT2D eigenvalue weighted by Crippen LogP contribution is 2.15. The van der Waals surface area contributed by atoms with Gasteiger partial charge >= 0.3 is 0 Å². The molecule has 1 aromatic rings. The second-order valence-corrected chi connectivity index (χ2v) is 5.40. The first-order valence-corrected chi connectivity index (χ1v) is 7.27. The molecule has 0 radical (unpaired) electrons. The fourth-order valence-corrected chi connectivity index (χ4v) is 2.27. The normalized spacial score (nSPS) is 10.9. The number of rotatable bonds is 7. The molecule has 0 aliphatic rings. The molecule has 0 bridgehead atoms. The van der Waals surface area contributed by atoms with Gasteiger partial charge in [-0.15, -0.1) is 0 Å². The monoisotopic (exact) mass is 278 g/mol. The number of hydrogen-bond acceptors (Lipinski definition) is 4. The van der Waals surface area contributed by atoms with Crippen molar-refractivity contribution in [2.75, 3.05) is 12.0 Å². The van der Waals surface area contributed by atoms with E-state index in [2.05, 4.69) is 38.1 Å². The van der Waals surface area contributed by atoms with Crippen LogP contribution < -0.4 is 11.3 Å². The van der Waals surface area contributed by atoms with Crippen molar-refractivity contribution in [2.24, 2.45) is 11.8 Å². The van der Waals surface area contributed by atoms with E-state index >= 15 is 0 Å². The van der Waals surface area contributed by atoms with Crippen LogP contribution in [0.4, 0.5) is 5.69 Å². The number of nitrogen functional groups attached to an aromatic ring is 1. The molecule has 5 heteroatoms. The van der Waals surface area contributed by atoms with E-state index in [0.29, 0.717) is 17.3 Å². The molecular weight excluding hydrogens is 252 g/mol. The lowest BCUT2D eigenvalue weighted by Crippen LogP contribution is -2.42. The summed E-state index contributed by atoms with van der Waals surface area (Å²) in [7, 11) is 0. The van der Waals surface area contributed by atoms with Crippen LogP contribution in [0.15, 0.2) is 18.3 Å². The average Bonchev–Trinajstić information content (AvgIpc) is 2.46. The molecular formula is C15H26N4O. The fraction of sp³-hybridized carbons (Fsp3) is 0.600. The summed E-state index contributed by atoms with van der Waals surface area (Å²) >= 11 is 0. The van der Waals surface area contributed by atoms with Gasteiger partial charge in [-0.25, -0.2) is 4.98 Å². The zero-order valence-corrected chi connectivity index (χ0v) is 12.9. The first-order chi connectivity index (χ1) is 9.53. The number of anilines is 1. The highest BCUT2D eigenvalue weighted by atomic mass is 16.2. The number of nitrogens with two attached hydrogens (primary N) is 1. The van der Waals surface area contributed by atoms with Crippen molar-refractivity contribution in [3.8, 4) is 0 Å². The average molecular weight is 278 g/mol. The number of hydrazine groups is 1. The highest BCUT2D eigenvalue weighted by Gasteiger charge is 2.23. The third-order valence-electron chi connectivity index (χ3n) is 3.36. The van der Waals surface area contributed by atoms with Gasteiger partial charge in [0.1, 0.15) is 5.69 Å². The van der Waals surface area contributed by atoms with Crippen molar-refractivity contribution in [1.82, 2.24) is 9.88 Å². The van der Waals surface area contributed by atoms with Gasteiger partial charge in [0.15, 0.2) is 0 Å². The number of carbonyl (C=O) groups is 1. The Morgan fingerprint density at radius 2 is 2.00 bits per heavy atom. The summed E-state index contributed by atoms with van der Waals surface area (Å²) in [6.45, 7) is 9.23. The second kappa shape index (κ2) is 7.85. The van der Waals surface area contributed by atoms with Gasteiger partial charge in [0.05, 0.1) is 11.9 Å². The van der Waals surface area contributed by atoms with Crippen LogP contribution in [0.5, 0.6) is 0 Å². The molecule has 5 nitrogen and oxygen atoms in total. The van der Waals surface area contributed by atoms with Crippen LogP contribution in [0.3, 0.4) is 0 Å². The number of amides is 1. The van der Waals surface area contributed by atoms with Crippen LogP contribution in [-0.4, -0.2) is 28.4 Å². The maximum atomic E-state index is 12.7. The molecule has 0 aromatic carbocycles. The summed E-state index contributed by atoms with van der Waals surface area (Å²) in [6, 6.07) is 3.74. The molecule has 3 N–H and O–H groups in total. The quantitative estimate of drug-likeness (QED) is 0.594. The van der Waals surface area contributed by atoms with Gasteiger partial charge in [0, 0.05) is 12.6 Å². The molecule has 0 saturated heterocycles. The van der Waals surface area contributed by atoms with E-state index in [1.54, 1.807) is 18.3 Å². The smallest absolute Gasteiger partial charge is 0.272 e.